The van der Waals surface area contributed by atoms with Crippen LogP contribution in [-0.2, 0) is 11.2 Å². The van der Waals surface area contributed by atoms with Crippen molar-refractivity contribution < 1.29 is 22.6 Å². The summed E-state index contributed by atoms with van der Waals surface area (Å²) >= 11 is 0. The van der Waals surface area contributed by atoms with E-state index in [0.717, 1.165) is 6.42 Å². The van der Waals surface area contributed by atoms with E-state index in [4.69, 9.17) is 9.47 Å². The first-order chi connectivity index (χ1) is 12.9. The number of aryl methyl sites for hydroxylation is 1. The van der Waals surface area contributed by atoms with Crippen LogP contribution in [0.5, 0.6) is 5.75 Å². The SMILES string of the molecule is COc1ccc(N=C(O[C@H](C)/C=C\CCc2ccccc2)C(F)(F)F)cc1. The van der Waals surface area contributed by atoms with E-state index in [1.165, 1.54) is 24.8 Å². The van der Waals surface area contributed by atoms with Gasteiger partial charge >= 0.3 is 6.18 Å². The lowest BCUT2D eigenvalue weighted by Gasteiger charge is -2.15. The molecule has 0 unspecified atom stereocenters. The van der Waals surface area contributed by atoms with Crippen molar-refractivity contribution in [2.24, 2.45) is 4.99 Å². The van der Waals surface area contributed by atoms with E-state index in [9.17, 15) is 13.2 Å². The van der Waals surface area contributed by atoms with Gasteiger partial charge in [-0.05, 0) is 55.7 Å². The average Bonchev–Trinajstić information content (AvgIpc) is 2.65. The minimum absolute atomic E-state index is 0.142. The van der Waals surface area contributed by atoms with Gasteiger partial charge in [0, 0.05) is 0 Å². The van der Waals surface area contributed by atoms with Crippen molar-refractivity contribution in [1.29, 1.82) is 0 Å². The molecule has 144 valence electrons. The predicted octanol–water partition coefficient (Wildman–Crippen LogP) is 5.88. The van der Waals surface area contributed by atoms with Crippen LogP contribution in [-0.4, -0.2) is 25.3 Å². The highest BCUT2D eigenvalue weighted by atomic mass is 19.4. The average molecular weight is 377 g/mol. The van der Waals surface area contributed by atoms with Gasteiger partial charge in [-0.25, -0.2) is 4.99 Å². The first-order valence-corrected chi connectivity index (χ1v) is 8.55. The van der Waals surface area contributed by atoms with Gasteiger partial charge in [0.25, 0.3) is 5.90 Å². The van der Waals surface area contributed by atoms with Crippen LogP contribution in [0.4, 0.5) is 18.9 Å². The Balaban J connectivity index is 1.98. The smallest absolute Gasteiger partial charge is 0.468 e. The fourth-order valence-corrected chi connectivity index (χ4v) is 2.33. The molecule has 0 bridgehead atoms. The lowest BCUT2D eigenvalue weighted by Crippen LogP contribution is -2.28. The van der Waals surface area contributed by atoms with E-state index in [-0.39, 0.29) is 5.69 Å². The Morgan fingerprint density at radius 2 is 1.74 bits per heavy atom. The predicted molar refractivity (Wildman–Crippen MR) is 101 cm³/mol. The number of ether oxygens (including phenoxy) is 2. The summed E-state index contributed by atoms with van der Waals surface area (Å²) in [6.45, 7) is 1.55. The molecule has 0 N–H and O–H groups in total. The van der Waals surface area contributed by atoms with E-state index in [2.05, 4.69) is 4.99 Å². The number of benzene rings is 2. The molecule has 0 amide bonds. The number of rotatable bonds is 7. The van der Waals surface area contributed by atoms with Gasteiger partial charge in [0.2, 0.25) is 0 Å². The number of alkyl halides is 3. The maximum atomic E-state index is 13.2. The van der Waals surface area contributed by atoms with Gasteiger partial charge in [0.05, 0.1) is 12.8 Å². The quantitative estimate of drug-likeness (QED) is 0.343. The summed E-state index contributed by atoms with van der Waals surface area (Å²) in [6.07, 6.45) is -0.465. The largest absolute Gasteiger partial charge is 0.497 e. The molecule has 0 radical (unpaired) electrons. The zero-order valence-corrected chi connectivity index (χ0v) is 15.2. The Kier molecular flexibility index (Phi) is 7.46. The minimum Gasteiger partial charge on any atom is -0.497 e. The highest BCUT2D eigenvalue weighted by molar-refractivity contribution is 5.84. The second kappa shape index (κ2) is 9.80. The third-order valence-electron chi connectivity index (χ3n) is 3.69. The Morgan fingerprint density at radius 3 is 2.33 bits per heavy atom. The van der Waals surface area contributed by atoms with Crippen molar-refractivity contribution in [3.05, 3.63) is 72.3 Å². The molecule has 6 heteroatoms. The van der Waals surface area contributed by atoms with Crippen LogP contribution in [0.1, 0.15) is 18.9 Å². The van der Waals surface area contributed by atoms with E-state index < -0.39 is 18.2 Å². The third kappa shape index (κ3) is 7.17. The first-order valence-electron chi connectivity index (χ1n) is 8.55. The van der Waals surface area contributed by atoms with Crippen molar-refractivity contribution in [1.82, 2.24) is 0 Å². The highest BCUT2D eigenvalue weighted by Crippen LogP contribution is 2.25. The van der Waals surface area contributed by atoms with E-state index in [0.29, 0.717) is 12.2 Å². The minimum atomic E-state index is -4.67. The Morgan fingerprint density at radius 1 is 1.07 bits per heavy atom. The topological polar surface area (TPSA) is 30.8 Å². The summed E-state index contributed by atoms with van der Waals surface area (Å²) in [5.74, 6) is -0.731. The van der Waals surface area contributed by atoms with E-state index >= 15 is 0 Å². The molecule has 0 fully saturated rings. The summed E-state index contributed by atoms with van der Waals surface area (Å²) in [7, 11) is 1.48. The number of nitrogens with zero attached hydrogens (tertiary/aromatic N) is 1. The molecule has 0 aliphatic rings. The number of methoxy groups -OCH3 is 1. The molecule has 2 rings (SSSR count). The standard InChI is InChI=1S/C21H22F3NO2/c1-16(8-6-7-11-17-9-4-3-5-10-17)27-20(21(22,23)24)25-18-12-14-19(26-2)15-13-18/h3-6,8-10,12-16H,7,11H2,1-2H3/b8-6-,25-20?/t16-/m1/s1. The summed E-state index contributed by atoms with van der Waals surface area (Å²) in [4.78, 5) is 3.60. The molecule has 2 aromatic rings. The van der Waals surface area contributed by atoms with Gasteiger partial charge in [-0.15, -0.1) is 0 Å². The van der Waals surface area contributed by atoms with Crippen molar-refractivity contribution in [3.63, 3.8) is 0 Å². The zero-order chi connectivity index (χ0) is 19.7. The van der Waals surface area contributed by atoms with Crippen LogP contribution in [0.15, 0.2) is 71.7 Å². The molecule has 0 spiro atoms. The van der Waals surface area contributed by atoms with Gasteiger partial charge < -0.3 is 9.47 Å². The molecule has 2 aromatic carbocycles. The van der Waals surface area contributed by atoms with Gasteiger partial charge in [-0.2, -0.15) is 13.2 Å². The lowest BCUT2D eigenvalue weighted by molar-refractivity contribution is -0.0804. The van der Waals surface area contributed by atoms with Crippen molar-refractivity contribution in [2.45, 2.75) is 32.0 Å². The van der Waals surface area contributed by atoms with Crippen LogP contribution >= 0.6 is 0 Å². The van der Waals surface area contributed by atoms with Crippen LogP contribution < -0.4 is 4.74 Å². The summed E-state index contributed by atoms with van der Waals surface area (Å²) in [6, 6.07) is 15.8. The molecular weight excluding hydrogens is 355 g/mol. The van der Waals surface area contributed by atoms with Crippen LogP contribution in [0, 0.1) is 0 Å². The fourth-order valence-electron chi connectivity index (χ4n) is 2.33. The third-order valence-corrected chi connectivity index (χ3v) is 3.69. The number of aliphatic imine (C=N–C) groups is 1. The number of hydrogen-bond acceptors (Lipinski definition) is 3. The Labute approximate surface area is 157 Å². The van der Waals surface area contributed by atoms with E-state index in [1.54, 1.807) is 25.1 Å². The zero-order valence-electron chi connectivity index (χ0n) is 15.2. The maximum Gasteiger partial charge on any atom is 0.468 e. The number of hydrogen-bond donors (Lipinski definition) is 0. The van der Waals surface area contributed by atoms with Crippen LogP contribution in [0.25, 0.3) is 0 Å². The highest BCUT2D eigenvalue weighted by Gasteiger charge is 2.39. The molecule has 0 saturated carbocycles. The van der Waals surface area contributed by atoms with E-state index in [1.807, 2.05) is 36.4 Å². The molecule has 3 nitrogen and oxygen atoms in total. The second-order valence-electron chi connectivity index (χ2n) is 5.89. The molecule has 0 aliphatic heterocycles. The van der Waals surface area contributed by atoms with Gasteiger partial charge in [-0.3, -0.25) is 0 Å². The molecule has 0 aromatic heterocycles. The summed E-state index contributed by atoms with van der Waals surface area (Å²) in [5.41, 5.74) is 1.32. The van der Waals surface area contributed by atoms with Gasteiger partial charge in [-0.1, -0.05) is 36.4 Å². The van der Waals surface area contributed by atoms with Crippen molar-refractivity contribution >= 4 is 11.6 Å². The van der Waals surface area contributed by atoms with Crippen molar-refractivity contribution in [3.8, 4) is 5.75 Å². The fraction of sp³-hybridized carbons (Fsp3) is 0.286. The monoisotopic (exact) mass is 377 g/mol. The normalized spacial score (nSPS) is 13.6. The van der Waals surface area contributed by atoms with Crippen molar-refractivity contribution in [2.75, 3.05) is 7.11 Å². The first kappa shape index (κ1) is 20.6. The number of halogens is 3. The van der Waals surface area contributed by atoms with Gasteiger partial charge in [0.15, 0.2) is 0 Å². The molecule has 27 heavy (non-hydrogen) atoms. The molecule has 1 atom stereocenters. The Hall–Kier alpha value is -2.76. The molecular formula is C21H22F3NO2. The number of allylic oxidation sites excluding steroid dienone is 1. The summed E-state index contributed by atoms with van der Waals surface area (Å²) in [5, 5.41) is 0. The molecule has 0 aliphatic carbocycles. The van der Waals surface area contributed by atoms with Crippen LogP contribution in [0.2, 0.25) is 0 Å². The molecule has 0 saturated heterocycles. The second-order valence-corrected chi connectivity index (χ2v) is 5.89. The summed E-state index contributed by atoms with van der Waals surface area (Å²) < 4.78 is 49.7. The van der Waals surface area contributed by atoms with Crippen LogP contribution in [0.3, 0.4) is 0 Å². The molecule has 0 heterocycles. The Bertz CT molecular complexity index is 753. The lowest BCUT2D eigenvalue weighted by atomic mass is 10.1. The maximum absolute atomic E-state index is 13.2. The van der Waals surface area contributed by atoms with Gasteiger partial charge in [0.1, 0.15) is 11.9 Å².